The van der Waals surface area contributed by atoms with Gasteiger partial charge in [0.15, 0.2) is 0 Å². The summed E-state index contributed by atoms with van der Waals surface area (Å²) in [5.41, 5.74) is 7.13. The van der Waals surface area contributed by atoms with Gasteiger partial charge in [-0.15, -0.1) is 0 Å². The Hall–Kier alpha value is -0.810. The van der Waals surface area contributed by atoms with Crippen LogP contribution in [-0.2, 0) is 4.74 Å². The first-order valence-electron chi connectivity index (χ1n) is 5.63. The summed E-state index contributed by atoms with van der Waals surface area (Å²) in [6.45, 7) is 2.35. The number of hydrogen-bond acceptors (Lipinski definition) is 4. The summed E-state index contributed by atoms with van der Waals surface area (Å²) in [6, 6.07) is 5.41. The van der Waals surface area contributed by atoms with Crippen LogP contribution in [0.2, 0.25) is 5.02 Å². The van der Waals surface area contributed by atoms with Crippen LogP contribution in [0.15, 0.2) is 18.2 Å². The van der Waals surface area contributed by atoms with E-state index in [1.54, 1.807) is 7.11 Å². The summed E-state index contributed by atoms with van der Waals surface area (Å²) in [5.74, 6) is 0.658. The summed E-state index contributed by atoms with van der Waals surface area (Å²) in [4.78, 5) is 0. The molecule has 94 valence electrons. The van der Waals surface area contributed by atoms with Crippen molar-refractivity contribution in [3.05, 3.63) is 28.8 Å². The van der Waals surface area contributed by atoms with Crippen LogP contribution < -0.4 is 15.8 Å². The van der Waals surface area contributed by atoms with E-state index in [9.17, 15) is 0 Å². The molecule has 0 amide bonds. The molecule has 1 saturated heterocycles. The van der Waals surface area contributed by atoms with Crippen molar-refractivity contribution in [3.63, 3.8) is 0 Å². The van der Waals surface area contributed by atoms with Crippen molar-refractivity contribution in [2.24, 2.45) is 5.73 Å². The highest BCUT2D eigenvalue weighted by atomic mass is 35.5. The first-order valence-corrected chi connectivity index (χ1v) is 6.01. The molecule has 2 unspecified atom stereocenters. The van der Waals surface area contributed by atoms with E-state index in [1.807, 2.05) is 18.2 Å². The lowest BCUT2D eigenvalue weighted by atomic mass is 10.0. The first kappa shape index (κ1) is 12.6. The normalized spacial score (nSPS) is 22.2. The molecule has 0 aromatic heterocycles. The molecular weight excluding hydrogens is 240 g/mol. The zero-order valence-corrected chi connectivity index (χ0v) is 10.5. The minimum absolute atomic E-state index is 0.00629. The van der Waals surface area contributed by atoms with Gasteiger partial charge < -0.3 is 20.5 Å². The molecule has 5 heteroatoms. The molecule has 0 radical (unpaired) electrons. The van der Waals surface area contributed by atoms with Gasteiger partial charge in [0.25, 0.3) is 0 Å². The third-order valence-electron chi connectivity index (χ3n) is 2.92. The Morgan fingerprint density at radius 1 is 1.59 bits per heavy atom. The molecule has 1 aromatic rings. The lowest BCUT2D eigenvalue weighted by Crippen LogP contribution is -2.44. The highest BCUT2D eigenvalue weighted by Gasteiger charge is 2.23. The number of hydrogen-bond donors (Lipinski definition) is 2. The van der Waals surface area contributed by atoms with E-state index in [0.29, 0.717) is 17.4 Å². The monoisotopic (exact) mass is 256 g/mol. The first-order chi connectivity index (χ1) is 8.22. The van der Waals surface area contributed by atoms with Crippen LogP contribution in [0, 0.1) is 0 Å². The number of halogens is 1. The average Bonchev–Trinajstić information content (AvgIpc) is 2.39. The van der Waals surface area contributed by atoms with Gasteiger partial charge >= 0.3 is 0 Å². The molecule has 0 spiro atoms. The second-order valence-electron chi connectivity index (χ2n) is 4.03. The third kappa shape index (κ3) is 2.90. The fourth-order valence-electron chi connectivity index (χ4n) is 1.92. The molecule has 3 N–H and O–H groups in total. The Balaban J connectivity index is 2.12. The van der Waals surface area contributed by atoms with Crippen LogP contribution >= 0.6 is 11.6 Å². The van der Waals surface area contributed by atoms with E-state index in [2.05, 4.69) is 5.32 Å². The minimum atomic E-state index is -0.175. The number of benzene rings is 1. The van der Waals surface area contributed by atoms with Gasteiger partial charge in [0, 0.05) is 13.1 Å². The predicted octanol–water partition coefficient (Wildman–Crippen LogP) is 1.34. The quantitative estimate of drug-likeness (QED) is 0.857. The lowest BCUT2D eigenvalue weighted by Gasteiger charge is -2.29. The second kappa shape index (κ2) is 5.69. The highest BCUT2D eigenvalue weighted by molar-refractivity contribution is 6.32. The van der Waals surface area contributed by atoms with Gasteiger partial charge in [-0.1, -0.05) is 17.7 Å². The van der Waals surface area contributed by atoms with Crippen molar-refractivity contribution < 1.29 is 9.47 Å². The smallest absolute Gasteiger partial charge is 0.137 e. The number of nitrogens with one attached hydrogen (secondary N) is 1. The standard InChI is InChI=1S/C12H17ClN2O2/c1-16-10-3-2-8(6-9(10)13)12(14)11-7-15-4-5-17-11/h2-3,6,11-12,15H,4-5,7,14H2,1H3. The molecule has 1 fully saturated rings. The largest absolute Gasteiger partial charge is 0.495 e. The van der Waals surface area contributed by atoms with E-state index in [0.717, 1.165) is 18.7 Å². The Bertz CT molecular complexity index is 381. The fourth-order valence-corrected chi connectivity index (χ4v) is 2.19. The van der Waals surface area contributed by atoms with E-state index < -0.39 is 0 Å². The Morgan fingerprint density at radius 2 is 2.41 bits per heavy atom. The average molecular weight is 257 g/mol. The number of nitrogens with two attached hydrogens (primary N) is 1. The highest BCUT2D eigenvalue weighted by Crippen LogP contribution is 2.28. The molecular formula is C12H17ClN2O2. The molecule has 0 bridgehead atoms. The summed E-state index contributed by atoms with van der Waals surface area (Å²) in [6.07, 6.45) is -0.00629. The molecule has 1 heterocycles. The van der Waals surface area contributed by atoms with E-state index in [4.69, 9.17) is 26.8 Å². The van der Waals surface area contributed by atoms with Crippen molar-refractivity contribution in [1.82, 2.24) is 5.32 Å². The molecule has 0 aliphatic carbocycles. The van der Waals surface area contributed by atoms with Gasteiger partial charge in [0.05, 0.1) is 30.9 Å². The Labute approximate surface area is 106 Å². The van der Waals surface area contributed by atoms with E-state index in [-0.39, 0.29) is 12.1 Å². The maximum absolute atomic E-state index is 6.17. The molecule has 0 saturated carbocycles. The zero-order valence-electron chi connectivity index (χ0n) is 9.78. The maximum atomic E-state index is 6.17. The summed E-state index contributed by atoms with van der Waals surface area (Å²) >= 11 is 6.08. The van der Waals surface area contributed by atoms with Crippen molar-refractivity contribution in [1.29, 1.82) is 0 Å². The third-order valence-corrected chi connectivity index (χ3v) is 3.21. The summed E-state index contributed by atoms with van der Waals surface area (Å²) in [5, 5.41) is 3.83. The molecule has 1 aromatic carbocycles. The topological polar surface area (TPSA) is 56.5 Å². The van der Waals surface area contributed by atoms with Gasteiger partial charge in [-0.2, -0.15) is 0 Å². The van der Waals surface area contributed by atoms with E-state index in [1.165, 1.54) is 0 Å². The molecule has 1 aliphatic rings. The fraction of sp³-hybridized carbons (Fsp3) is 0.500. The van der Waals surface area contributed by atoms with Crippen LogP contribution in [0.3, 0.4) is 0 Å². The van der Waals surface area contributed by atoms with Crippen LogP contribution in [0.5, 0.6) is 5.75 Å². The van der Waals surface area contributed by atoms with Crippen molar-refractivity contribution in [2.45, 2.75) is 12.1 Å². The zero-order chi connectivity index (χ0) is 12.3. The van der Waals surface area contributed by atoms with Gasteiger partial charge in [-0.05, 0) is 17.7 Å². The predicted molar refractivity (Wildman–Crippen MR) is 67.5 cm³/mol. The van der Waals surface area contributed by atoms with Gasteiger partial charge in [0.2, 0.25) is 0 Å². The molecule has 1 aliphatic heterocycles. The SMILES string of the molecule is COc1ccc(C(N)C2CNCCO2)cc1Cl. The number of rotatable bonds is 3. The molecule has 2 atom stereocenters. The molecule has 17 heavy (non-hydrogen) atoms. The van der Waals surface area contributed by atoms with Crippen molar-refractivity contribution >= 4 is 11.6 Å². The number of ether oxygens (including phenoxy) is 2. The van der Waals surface area contributed by atoms with Crippen molar-refractivity contribution in [2.75, 3.05) is 26.8 Å². The van der Waals surface area contributed by atoms with Crippen LogP contribution in [0.1, 0.15) is 11.6 Å². The summed E-state index contributed by atoms with van der Waals surface area (Å²) in [7, 11) is 1.59. The molecule has 4 nitrogen and oxygen atoms in total. The number of methoxy groups -OCH3 is 1. The van der Waals surface area contributed by atoms with Crippen LogP contribution in [0.4, 0.5) is 0 Å². The van der Waals surface area contributed by atoms with Gasteiger partial charge in [-0.3, -0.25) is 0 Å². The Kier molecular flexibility index (Phi) is 4.23. The van der Waals surface area contributed by atoms with Gasteiger partial charge in [0.1, 0.15) is 5.75 Å². The van der Waals surface area contributed by atoms with Crippen LogP contribution in [-0.4, -0.2) is 32.9 Å². The van der Waals surface area contributed by atoms with Crippen molar-refractivity contribution in [3.8, 4) is 5.75 Å². The second-order valence-corrected chi connectivity index (χ2v) is 4.44. The molecule has 2 rings (SSSR count). The Morgan fingerprint density at radius 3 is 3.00 bits per heavy atom. The lowest BCUT2D eigenvalue weighted by molar-refractivity contribution is 0.0122. The minimum Gasteiger partial charge on any atom is -0.495 e. The summed E-state index contributed by atoms with van der Waals surface area (Å²) < 4.78 is 10.7. The van der Waals surface area contributed by atoms with Gasteiger partial charge in [-0.25, -0.2) is 0 Å². The van der Waals surface area contributed by atoms with E-state index >= 15 is 0 Å². The maximum Gasteiger partial charge on any atom is 0.137 e. The van der Waals surface area contributed by atoms with Crippen LogP contribution in [0.25, 0.3) is 0 Å². The number of morpholine rings is 1.